The van der Waals surface area contributed by atoms with Crippen LogP contribution >= 0.6 is 0 Å². The lowest BCUT2D eigenvalue weighted by atomic mass is 10.1. The van der Waals surface area contributed by atoms with E-state index >= 15 is 0 Å². The van der Waals surface area contributed by atoms with Crippen LogP contribution in [0, 0.1) is 0 Å². The molecule has 2 heterocycles. The lowest BCUT2D eigenvalue weighted by Gasteiger charge is -2.21. The highest BCUT2D eigenvalue weighted by Crippen LogP contribution is 2.25. The molecule has 5 nitrogen and oxygen atoms in total. The number of likely N-dealkylation sites (N-methyl/N-ethyl adjacent to an activating group) is 1. The summed E-state index contributed by atoms with van der Waals surface area (Å²) in [6.07, 6.45) is 1.94. The topological polar surface area (TPSA) is 53.9 Å². The van der Waals surface area contributed by atoms with E-state index in [1.54, 1.807) is 10.6 Å². The van der Waals surface area contributed by atoms with Crippen LogP contribution in [0.1, 0.15) is 6.92 Å². The summed E-state index contributed by atoms with van der Waals surface area (Å²) in [5.41, 5.74) is 5.07. The van der Waals surface area contributed by atoms with Gasteiger partial charge in [-0.05, 0) is 50.3 Å². The molecule has 142 valence electrons. The van der Waals surface area contributed by atoms with Gasteiger partial charge in [0.1, 0.15) is 5.82 Å². The Balaban J connectivity index is 1.70. The van der Waals surface area contributed by atoms with E-state index in [4.69, 9.17) is 4.98 Å². The molecule has 0 bridgehead atoms. The molecule has 1 unspecified atom stereocenters. The molecule has 28 heavy (non-hydrogen) atoms. The summed E-state index contributed by atoms with van der Waals surface area (Å²) in [4.78, 5) is 22.5. The third kappa shape index (κ3) is 3.62. The van der Waals surface area contributed by atoms with E-state index in [1.165, 1.54) is 0 Å². The smallest absolute Gasteiger partial charge is 0.250 e. The first-order valence-electron chi connectivity index (χ1n) is 9.44. The molecule has 0 amide bonds. The normalized spacial score (nSPS) is 12.6. The zero-order valence-electron chi connectivity index (χ0n) is 16.4. The summed E-state index contributed by atoms with van der Waals surface area (Å²) in [6.45, 7) is 2.77. The Morgan fingerprint density at radius 3 is 2.50 bits per heavy atom. The standard InChI is InChI=1S/C23H24N4O/c1-16(26(2)3)14-27-15-19(10-12-22(27)28)18-9-11-20-21(13-18)25-23(24-20)17-7-5-4-6-8-17/h4-13,15-16H,14H2,1-3H3,(H,24,25). The average Bonchev–Trinajstić information content (AvgIpc) is 3.13. The molecule has 4 rings (SSSR count). The molecule has 0 fully saturated rings. The van der Waals surface area contributed by atoms with Gasteiger partial charge in [-0.15, -0.1) is 0 Å². The fourth-order valence-corrected chi connectivity index (χ4v) is 3.21. The van der Waals surface area contributed by atoms with Gasteiger partial charge in [0.15, 0.2) is 0 Å². The van der Waals surface area contributed by atoms with Crippen LogP contribution in [0.2, 0.25) is 0 Å². The second-order valence-electron chi connectivity index (χ2n) is 7.40. The summed E-state index contributed by atoms with van der Waals surface area (Å²) in [5, 5.41) is 0. The number of rotatable bonds is 5. The number of nitrogens with one attached hydrogen (secondary N) is 1. The van der Waals surface area contributed by atoms with Crippen molar-refractivity contribution in [3.05, 3.63) is 77.2 Å². The molecule has 0 saturated carbocycles. The third-order valence-corrected chi connectivity index (χ3v) is 5.19. The van der Waals surface area contributed by atoms with Gasteiger partial charge in [0.05, 0.1) is 11.0 Å². The number of nitrogens with zero attached hydrogens (tertiary/aromatic N) is 3. The van der Waals surface area contributed by atoms with E-state index in [1.807, 2.05) is 62.8 Å². The van der Waals surface area contributed by atoms with Crippen molar-refractivity contribution in [3.8, 4) is 22.5 Å². The van der Waals surface area contributed by atoms with Gasteiger partial charge >= 0.3 is 0 Å². The van der Waals surface area contributed by atoms with Gasteiger partial charge in [-0.1, -0.05) is 36.4 Å². The summed E-state index contributed by atoms with van der Waals surface area (Å²) in [7, 11) is 4.05. The first kappa shape index (κ1) is 18.2. The van der Waals surface area contributed by atoms with Gasteiger partial charge in [-0.25, -0.2) is 4.98 Å². The minimum atomic E-state index is 0.0198. The Hall–Kier alpha value is -3.18. The second-order valence-corrected chi connectivity index (χ2v) is 7.40. The lowest BCUT2D eigenvalue weighted by molar-refractivity contribution is 0.281. The van der Waals surface area contributed by atoms with Crippen molar-refractivity contribution in [1.29, 1.82) is 0 Å². The molecular weight excluding hydrogens is 348 g/mol. The maximum atomic E-state index is 12.3. The van der Waals surface area contributed by atoms with Gasteiger partial charge < -0.3 is 14.5 Å². The minimum absolute atomic E-state index is 0.0198. The van der Waals surface area contributed by atoms with E-state index in [2.05, 4.69) is 28.9 Å². The molecule has 2 aromatic heterocycles. The van der Waals surface area contributed by atoms with E-state index in [-0.39, 0.29) is 11.6 Å². The molecule has 0 aliphatic heterocycles. The van der Waals surface area contributed by atoms with E-state index < -0.39 is 0 Å². The van der Waals surface area contributed by atoms with Crippen LogP contribution in [-0.2, 0) is 6.54 Å². The van der Waals surface area contributed by atoms with Crippen molar-refractivity contribution in [2.24, 2.45) is 0 Å². The Kier molecular flexibility index (Phi) is 4.84. The van der Waals surface area contributed by atoms with Gasteiger partial charge in [0.2, 0.25) is 0 Å². The second kappa shape index (κ2) is 7.44. The third-order valence-electron chi connectivity index (χ3n) is 5.19. The van der Waals surface area contributed by atoms with Crippen LogP contribution in [0.5, 0.6) is 0 Å². The number of aromatic amines is 1. The highest BCUT2D eigenvalue weighted by Gasteiger charge is 2.10. The van der Waals surface area contributed by atoms with E-state index in [9.17, 15) is 4.79 Å². The number of hydrogen-bond donors (Lipinski definition) is 1. The number of fused-ring (bicyclic) bond motifs is 1. The Labute approximate surface area is 164 Å². The van der Waals surface area contributed by atoms with Crippen LogP contribution in [0.15, 0.2) is 71.7 Å². The average molecular weight is 372 g/mol. The van der Waals surface area contributed by atoms with Crippen molar-refractivity contribution < 1.29 is 0 Å². The fraction of sp³-hybridized carbons (Fsp3) is 0.217. The minimum Gasteiger partial charge on any atom is -0.338 e. The molecule has 1 atom stereocenters. The van der Waals surface area contributed by atoms with Gasteiger partial charge in [-0.2, -0.15) is 0 Å². The number of aromatic nitrogens is 3. The molecule has 2 aromatic carbocycles. The van der Waals surface area contributed by atoms with Gasteiger partial charge in [0, 0.05) is 30.4 Å². The highest BCUT2D eigenvalue weighted by atomic mass is 16.1. The first-order chi connectivity index (χ1) is 13.5. The Morgan fingerprint density at radius 1 is 1.00 bits per heavy atom. The van der Waals surface area contributed by atoms with Crippen LogP contribution in [0.25, 0.3) is 33.5 Å². The number of pyridine rings is 1. The number of benzene rings is 2. The molecule has 1 N–H and O–H groups in total. The van der Waals surface area contributed by atoms with Crippen molar-refractivity contribution in [1.82, 2.24) is 19.4 Å². The lowest BCUT2D eigenvalue weighted by Crippen LogP contribution is -2.33. The quantitative estimate of drug-likeness (QED) is 0.576. The first-order valence-corrected chi connectivity index (χ1v) is 9.44. The number of imidazole rings is 1. The van der Waals surface area contributed by atoms with Crippen molar-refractivity contribution in [3.63, 3.8) is 0 Å². The number of H-pyrrole nitrogens is 1. The molecule has 0 saturated heterocycles. The molecule has 0 spiro atoms. The van der Waals surface area contributed by atoms with E-state index in [0.29, 0.717) is 6.54 Å². The zero-order chi connectivity index (χ0) is 19.7. The van der Waals surface area contributed by atoms with Crippen molar-refractivity contribution >= 4 is 11.0 Å². The molecule has 0 aliphatic carbocycles. The monoisotopic (exact) mass is 372 g/mol. The molecule has 5 heteroatoms. The zero-order valence-corrected chi connectivity index (χ0v) is 16.4. The fourth-order valence-electron chi connectivity index (χ4n) is 3.21. The van der Waals surface area contributed by atoms with Crippen molar-refractivity contribution in [2.45, 2.75) is 19.5 Å². The Bertz CT molecular complexity index is 1160. The van der Waals surface area contributed by atoms with Crippen LogP contribution in [0.4, 0.5) is 0 Å². The van der Waals surface area contributed by atoms with Crippen LogP contribution in [-0.4, -0.2) is 39.6 Å². The molecular formula is C23H24N4O. The van der Waals surface area contributed by atoms with Crippen LogP contribution < -0.4 is 5.56 Å². The summed E-state index contributed by atoms with van der Waals surface area (Å²) < 4.78 is 1.78. The summed E-state index contributed by atoms with van der Waals surface area (Å²) >= 11 is 0. The SMILES string of the molecule is CC(Cn1cc(-c2ccc3nc(-c4ccccc4)[nH]c3c2)ccc1=O)N(C)C. The summed E-state index contributed by atoms with van der Waals surface area (Å²) in [5.74, 6) is 0.859. The van der Waals surface area contributed by atoms with Crippen LogP contribution in [0.3, 0.4) is 0 Å². The predicted molar refractivity (Wildman–Crippen MR) is 114 cm³/mol. The molecule has 0 aliphatic rings. The van der Waals surface area contributed by atoms with Crippen molar-refractivity contribution in [2.75, 3.05) is 14.1 Å². The molecule has 0 radical (unpaired) electrons. The maximum absolute atomic E-state index is 12.3. The molecule has 4 aromatic rings. The maximum Gasteiger partial charge on any atom is 0.250 e. The number of hydrogen-bond acceptors (Lipinski definition) is 3. The Morgan fingerprint density at radius 2 is 1.75 bits per heavy atom. The predicted octanol–water partition coefficient (Wildman–Crippen LogP) is 4.01. The largest absolute Gasteiger partial charge is 0.338 e. The highest BCUT2D eigenvalue weighted by molar-refractivity contribution is 5.84. The summed E-state index contributed by atoms with van der Waals surface area (Å²) in [6, 6.07) is 20.1. The van der Waals surface area contributed by atoms with Gasteiger partial charge in [0.25, 0.3) is 5.56 Å². The van der Waals surface area contributed by atoms with E-state index in [0.717, 1.165) is 33.5 Å². The van der Waals surface area contributed by atoms with Gasteiger partial charge in [-0.3, -0.25) is 4.79 Å².